The minimum Gasteiger partial charge on any atom is -0.375 e. The lowest BCUT2D eigenvalue weighted by Crippen LogP contribution is -2.40. The summed E-state index contributed by atoms with van der Waals surface area (Å²) < 4.78 is 17.0. The van der Waals surface area contributed by atoms with Crippen LogP contribution in [0.5, 0.6) is 0 Å². The summed E-state index contributed by atoms with van der Waals surface area (Å²) in [4.78, 5) is 9.97. The first-order chi connectivity index (χ1) is 17.8. The van der Waals surface area contributed by atoms with Crippen LogP contribution in [0.25, 0.3) is 11.0 Å². The second kappa shape index (κ2) is 11.1. The summed E-state index contributed by atoms with van der Waals surface area (Å²) in [5, 5.41) is 8.94. The number of alkyl halides is 1. The van der Waals surface area contributed by atoms with Crippen molar-refractivity contribution in [1.29, 1.82) is 0 Å². The van der Waals surface area contributed by atoms with Gasteiger partial charge in [-0.25, -0.2) is 9.37 Å². The monoisotopic (exact) mass is 522 g/mol. The Morgan fingerprint density at radius 3 is 2.49 bits per heavy atom. The van der Waals surface area contributed by atoms with Gasteiger partial charge in [0.25, 0.3) is 0 Å². The first-order valence-corrected chi connectivity index (χ1v) is 14.6. The molecule has 0 unspecified atom stereocenters. The molecule has 0 spiro atoms. The predicted molar refractivity (Wildman–Crippen MR) is 149 cm³/mol. The van der Waals surface area contributed by atoms with Gasteiger partial charge >= 0.3 is 0 Å². The van der Waals surface area contributed by atoms with Crippen LogP contribution in [0.15, 0.2) is 54.1 Å². The summed E-state index contributed by atoms with van der Waals surface area (Å²) in [6, 6.07) is 8.38. The van der Waals surface area contributed by atoms with Gasteiger partial charge in [0.15, 0.2) is 5.16 Å². The van der Waals surface area contributed by atoms with Crippen molar-refractivity contribution in [2.45, 2.75) is 69.9 Å². The van der Waals surface area contributed by atoms with E-state index in [2.05, 4.69) is 50.2 Å². The Bertz CT molecular complexity index is 1200. The summed E-state index contributed by atoms with van der Waals surface area (Å²) in [6.45, 7) is 15.1. The number of piperidine rings is 2. The van der Waals surface area contributed by atoms with Crippen molar-refractivity contribution in [3.8, 4) is 0 Å². The Labute approximate surface area is 224 Å². The van der Waals surface area contributed by atoms with E-state index in [1.54, 1.807) is 31.8 Å². The number of hydrogen-bond acceptors (Lipinski definition) is 6. The van der Waals surface area contributed by atoms with Crippen LogP contribution in [-0.4, -0.2) is 61.5 Å². The standard InChI is InChI=1S/C29H39FN6S/c1-5-37-28-33-26-18-24(29(3,4)30)6-7-27(26)36(28)25-11-16-35(17-12-25)21(2)23-9-14-34(15-10-23)20-22-8-13-31-32-19-22/h6-8,13,18-19,23,25H,2,5,9-12,14-17,20H2,1,3-4H3. The van der Waals surface area contributed by atoms with E-state index in [-0.39, 0.29) is 0 Å². The number of halogens is 1. The maximum atomic E-state index is 14.6. The van der Waals surface area contributed by atoms with Gasteiger partial charge in [0, 0.05) is 43.5 Å². The number of imidazole rings is 1. The molecule has 2 aliphatic rings. The van der Waals surface area contributed by atoms with E-state index < -0.39 is 5.67 Å². The minimum atomic E-state index is -1.37. The molecule has 6 nitrogen and oxygen atoms in total. The van der Waals surface area contributed by atoms with Gasteiger partial charge in [-0.1, -0.05) is 31.3 Å². The summed E-state index contributed by atoms with van der Waals surface area (Å²) in [5.41, 5.74) is 3.89. The Morgan fingerprint density at radius 1 is 1.08 bits per heavy atom. The molecular formula is C29H39FN6S. The van der Waals surface area contributed by atoms with Gasteiger partial charge in [0.2, 0.25) is 0 Å². The molecule has 2 fully saturated rings. The number of aromatic nitrogens is 4. The SMILES string of the molecule is C=C(C1CCN(Cc2ccnnc2)CC1)N1CCC(n2c(SCC)nc3cc(C(C)(C)F)ccc32)CC1. The van der Waals surface area contributed by atoms with Crippen molar-refractivity contribution < 1.29 is 4.39 Å². The Hall–Kier alpha value is -2.45. The van der Waals surface area contributed by atoms with E-state index in [4.69, 9.17) is 4.98 Å². The van der Waals surface area contributed by atoms with Crippen LogP contribution >= 0.6 is 11.8 Å². The zero-order valence-corrected chi connectivity index (χ0v) is 23.2. The largest absolute Gasteiger partial charge is 0.375 e. The van der Waals surface area contributed by atoms with Gasteiger partial charge in [-0.3, -0.25) is 4.90 Å². The summed E-state index contributed by atoms with van der Waals surface area (Å²) >= 11 is 1.78. The van der Waals surface area contributed by atoms with Crippen molar-refractivity contribution in [3.05, 3.63) is 60.1 Å². The van der Waals surface area contributed by atoms with Crippen molar-refractivity contribution >= 4 is 22.8 Å². The number of likely N-dealkylation sites (tertiary alicyclic amines) is 2. The third-order valence-corrected chi connectivity index (χ3v) is 8.80. The van der Waals surface area contributed by atoms with Crippen LogP contribution in [0.3, 0.4) is 0 Å². The maximum Gasteiger partial charge on any atom is 0.169 e. The van der Waals surface area contributed by atoms with Gasteiger partial charge < -0.3 is 9.47 Å². The highest BCUT2D eigenvalue weighted by atomic mass is 32.2. The zero-order valence-electron chi connectivity index (χ0n) is 22.4. The number of fused-ring (bicyclic) bond motifs is 1. The third-order valence-electron chi connectivity index (χ3n) is 7.96. The van der Waals surface area contributed by atoms with E-state index in [0.29, 0.717) is 17.5 Å². The van der Waals surface area contributed by atoms with Crippen molar-refractivity contribution in [2.24, 2.45) is 5.92 Å². The second-order valence-electron chi connectivity index (χ2n) is 10.9. The first-order valence-electron chi connectivity index (χ1n) is 13.6. The Kier molecular flexibility index (Phi) is 7.86. The highest BCUT2D eigenvalue weighted by Crippen LogP contribution is 2.37. The topological polar surface area (TPSA) is 50.1 Å². The van der Waals surface area contributed by atoms with Gasteiger partial charge in [0.05, 0.1) is 17.2 Å². The quantitative estimate of drug-likeness (QED) is 0.328. The lowest BCUT2D eigenvalue weighted by molar-refractivity contribution is 0.153. The molecule has 0 atom stereocenters. The molecule has 0 radical (unpaired) electrons. The third kappa shape index (κ3) is 5.85. The highest BCUT2D eigenvalue weighted by Gasteiger charge is 2.30. The number of thioether (sulfide) groups is 1. The van der Waals surface area contributed by atoms with Crippen LogP contribution in [-0.2, 0) is 12.2 Å². The fourth-order valence-electron chi connectivity index (χ4n) is 5.79. The van der Waals surface area contributed by atoms with E-state index in [9.17, 15) is 4.39 Å². The smallest absolute Gasteiger partial charge is 0.169 e. The fraction of sp³-hybridized carbons (Fsp3) is 0.552. The van der Waals surface area contributed by atoms with Crippen LogP contribution in [0.1, 0.15) is 63.6 Å². The molecule has 5 rings (SSSR count). The van der Waals surface area contributed by atoms with Gasteiger partial charge in [0.1, 0.15) is 5.67 Å². The lowest BCUT2D eigenvalue weighted by atomic mass is 9.91. The number of rotatable bonds is 8. The molecule has 0 aliphatic carbocycles. The maximum absolute atomic E-state index is 14.6. The predicted octanol–water partition coefficient (Wildman–Crippen LogP) is 6.21. The molecule has 37 heavy (non-hydrogen) atoms. The van der Waals surface area contributed by atoms with Gasteiger partial charge in [-0.2, -0.15) is 10.2 Å². The van der Waals surface area contributed by atoms with Crippen molar-refractivity contribution in [2.75, 3.05) is 31.9 Å². The molecule has 0 bridgehead atoms. The zero-order chi connectivity index (χ0) is 26.0. The molecule has 1 aromatic carbocycles. The number of allylic oxidation sites excluding steroid dienone is 1. The number of benzene rings is 1. The minimum absolute atomic E-state index is 0.406. The average Bonchev–Trinajstić information content (AvgIpc) is 3.26. The molecular weight excluding hydrogens is 483 g/mol. The molecule has 0 amide bonds. The summed E-state index contributed by atoms with van der Waals surface area (Å²) in [7, 11) is 0. The number of nitrogens with zero attached hydrogens (tertiary/aromatic N) is 6. The molecule has 2 aromatic heterocycles. The highest BCUT2D eigenvalue weighted by molar-refractivity contribution is 7.99. The number of hydrogen-bond donors (Lipinski definition) is 0. The second-order valence-corrected chi connectivity index (χ2v) is 12.1. The Morgan fingerprint density at radius 2 is 1.84 bits per heavy atom. The van der Waals surface area contributed by atoms with Crippen LogP contribution in [0.4, 0.5) is 4.39 Å². The van der Waals surface area contributed by atoms with Crippen molar-refractivity contribution in [1.82, 2.24) is 29.5 Å². The van der Waals surface area contributed by atoms with Crippen LogP contribution in [0.2, 0.25) is 0 Å². The molecule has 2 saturated heterocycles. The molecule has 0 saturated carbocycles. The Balaban J connectivity index is 1.21. The van der Waals surface area contributed by atoms with E-state index >= 15 is 0 Å². The van der Waals surface area contributed by atoms with E-state index in [1.807, 2.05) is 18.3 Å². The summed E-state index contributed by atoms with van der Waals surface area (Å²) in [6.07, 6.45) is 8.11. The average molecular weight is 523 g/mol. The first kappa shape index (κ1) is 26.2. The van der Waals surface area contributed by atoms with Crippen LogP contribution in [0, 0.1) is 5.92 Å². The molecule has 0 N–H and O–H groups in total. The molecule has 8 heteroatoms. The molecule has 4 heterocycles. The summed E-state index contributed by atoms with van der Waals surface area (Å²) in [5.74, 6) is 1.53. The van der Waals surface area contributed by atoms with Gasteiger partial charge in [-0.15, -0.1) is 0 Å². The van der Waals surface area contributed by atoms with Gasteiger partial charge in [-0.05, 0) is 87.7 Å². The van der Waals surface area contributed by atoms with Crippen LogP contribution < -0.4 is 0 Å². The normalized spacial score (nSPS) is 18.5. The van der Waals surface area contributed by atoms with E-state index in [0.717, 1.165) is 80.3 Å². The lowest BCUT2D eigenvalue weighted by Gasteiger charge is -2.41. The fourth-order valence-corrected chi connectivity index (χ4v) is 6.60. The van der Waals surface area contributed by atoms with Crippen molar-refractivity contribution in [3.63, 3.8) is 0 Å². The molecule has 2 aliphatic heterocycles. The molecule has 198 valence electrons. The molecule has 3 aromatic rings. The van der Waals surface area contributed by atoms with E-state index in [1.165, 1.54) is 11.3 Å².